The molecule has 0 bridgehead atoms. The fourth-order valence-electron chi connectivity index (χ4n) is 1.81. The molecule has 0 radical (unpaired) electrons. The highest BCUT2D eigenvalue weighted by atomic mass is 32.1. The Kier molecular flexibility index (Phi) is 6.14. The van der Waals surface area contributed by atoms with Crippen molar-refractivity contribution in [3.63, 3.8) is 0 Å². The second kappa shape index (κ2) is 7.45. The molecule has 7 nitrogen and oxygen atoms in total. The minimum Gasteiger partial charge on any atom is -0.496 e. The molecule has 2 N–H and O–H groups in total. The fourth-order valence-corrected chi connectivity index (χ4v) is 1.93. The van der Waals surface area contributed by atoms with Gasteiger partial charge in [0.15, 0.2) is 0 Å². The standard InChI is InChI=1S/C15H23N3O4S/c1-15(2,3)22-14(20)17(4)9-10-8-11(18(23)13(16)19)6-7-12(10)21-5/h6-8,23H,9H2,1-5H3,(H2,16,19). The van der Waals surface area contributed by atoms with Crippen LogP contribution in [0.1, 0.15) is 26.3 Å². The molecule has 0 aliphatic rings. The maximum absolute atomic E-state index is 12.1. The van der Waals surface area contributed by atoms with Gasteiger partial charge in [0, 0.05) is 12.6 Å². The molecule has 3 amide bonds. The maximum Gasteiger partial charge on any atom is 0.410 e. The molecular formula is C15H23N3O4S. The lowest BCUT2D eigenvalue weighted by atomic mass is 10.1. The number of benzene rings is 1. The van der Waals surface area contributed by atoms with E-state index in [9.17, 15) is 9.59 Å². The number of hydrogen-bond donors (Lipinski definition) is 2. The molecule has 0 saturated carbocycles. The number of anilines is 1. The van der Waals surface area contributed by atoms with E-state index in [0.29, 0.717) is 17.0 Å². The zero-order valence-corrected chi connectivity index (χ0v) is 14.9. The van der Waals surface area contributed by atoms with Gasteiger partial charge in [-0.15, -0.1) is 0 Å². The van der Waals surface area contributed by atoms with Crippen LogP contribution in [-0.4, -0.2) is 36.8 Å². The van der Waals surface area contributed by atoms with Crippen LogP contribution in [-0.2, 0) is 11.3 Å². The van der Waals surface area contributed by atoms with Gasteiger partial charge in [0.2, 0.25) is 0 Å². The number of nitrogens with two attached hydrogens (primary N) is 1. The van der Waals surface area contributed by atoms with E-state index in [0.717, 1.165) is 4.31 Å². The van der Waals surface area contributed by atoms with Crippen LogP contribution in [0.3, 0.4) is 0 Å². The molecule has 0 unspecified atom stereocenters. The number of urea groups is 1. The third kappa shape index (κ3) is 5.55. The first-order chi connectivity index (χ1) is 10.5. The summed E-state index contributed by atoms with van der Waals surface area (Å²) in [5, 5.41) is 0. The molecular weight excluding hydrogens is 318 g/mol. The second-order valence-corrected chi connectivity index (χ2v) is 6.38. The largest absolute Gasteiger partial charge is 0.496 e. The zero-order valence-electron chi connectivity index (χ0n) is 14.0. The van der Waals surface area contributed by atoms with Gasteiger partial charge in [0.25, 0.3) is 0 Å². The average Bonchev–Trinajstić information content (AvgIpc) is 2.44. The van der Waals surface area contributed by atoms with Gasteiger partial charge in [-0.2, -0.15) is 0 Å². The first kappa shape index (κ1) is 19.0. The Morgan fingerprint density at radius 1 is 1.30 bits per heavy atom. The summed E-state index contributed by atoms with van der Waals surface area (Å²) in [6.07, 6.45) is -0.456. The van der Waals surface area contributed by atoms with Crippen LogP contribution in [0.25, 0.3) is 0 Å². The highest BCUT2D eigenvalue weighted by molar-refractivity contribution is 7.82. The number of primary amides is 1. The summed E-state index contributed by atoms with van der Waals surface area (Å²) in [5.41, 5.74) is 5.80. The van der Waals surface area contributed by atoms with Crippen LogP contribution in [0, 0.1) is 0 Å². The summed E-state index contributed by atoms with van der Waals surface area (Å²) >= 11 is 4.03. The van der Waals surface area contributed by atoms with E-state index in [1.165, 1.54) is 12.0 Å². The Bertz CT molecular complexity index is 587. The van der Waals surface area contributed by atoms with Crippen molar-refractivity contribution >= 4 is 30.6 Å². The molecule has 0 spiro atoms. The van der Waals surface area contributed by atoms with Gasteiger partial charge in [-0.1, -0.05) is 12.8 Å². The number of methoxy groups -OCH3 is 1. The highest BCUT2D eigenvalue weighted by Crippen LogP contribution is 2.27. The maximum atomic E-state index is 12.1. The number of ether oxygens (including phenoxy) is 2. The first-order valence-corrected chi connectivity index (χ1v) is 7.34. The molecule has 0 fully saturated rings. The summed E-state index contributed by atoms with van der Waals surface area (Å²) in [4.78, 5) is 24.7. The molecule has 1 aromatic rings. The van der Waals surface area contributed by atoms with Crippen molar-refractivity contribution in [1.82, 2.24) is 4.90 Å². The SMILES string of the molecule is COc1ccc(N(S)C(N)=O)cc1CN(C)C(=O)OC(C)(C)C. The summed E-state index contributed by atoms with van der Waals surface area (Å²) in [6, 6.07) is 4.30. The van der Waals surface area contributed by atoms with Crippen LogP contribution in [0.2, 0.25) is 0 Å². The summed E-state index contributed by atoms with van der Waals surface area (Å²) in [6.45, 7) is 5.63. The van der Waals surface area contributed by atoms with Crippen LogP contribution in [0.15, 0.2) is 18.2 Å². The Balaban J connectivity index is 2.99. The fraction of sp³-hybridized carbons (Fsp3) is 0.467. The van der Waals surface area contributed by atoms with Crippen molar-refractivity contribution in [2.75, 3.05) is 18.5 Å². The average molecular weight is 341 g/mol. The molecule has 0 saturated heterocycles. The second-order valence-electron chi connectivity index (χ2n) is 5.98. The van der Waals surface area contributed by atoms with Crippen molar-refractivity contribution < 1.29 is 19.1 Å². The zero-order chi connectivity index (χ0) is 17.8. The van der Waals surface area contributed by atoms with Crippen LogP contribution >= 0.6 is 12.8 Å². The summed E-state index contributed by atoms with van der Waals surface area (Å²) < 4.78 is 11.6. The molecule has 0 aliphatic heterocycles. The predicted octanol–water partition coefficient (Wildman–Crippen LogP) is 2.79. The first-order valence-electron chi connectivity index (χ1n) is 6.94. The van der Waals surface area contributed by atoms with E-state index < -0.39 is 17.7 Å². The van der Waals surface area contributed by atoms with Gasteiger partial charge >= 0.3 is 12.1 Å². The van der Waals surface area contributed by atoms with Crippen molar-refractivity contribution in [2.24, 2.45) is 5.73 Å². The molecule has 0 heterocycles. The van der Waals surface area contributed by atoms with Gasteiger partial charge in [0.1, 0.15) is 11.4 Å². The lowest BCUT2D eigenvalue weighted by molar-refractivity contribution is 0.0284. The van der Waals surface area contributed by atoms with Crippen molar-refractivity contribution in [3.8, 4) is 5.75 Å². The summed E-state index contributed by atoms with van der Waals surface area (Å²) in [7, 11) is 3.14. The lowest BCUT2D eigenvalue weighted by Crippen LogP contribution is -2.34. The highest BCUT2D eigenvalue weighted by Gasteiger charge is 2.21. The van der Waals surface area contributed by atoms with E-state index in [-0.39, 0.29) is 6.54 Å². The van der Waals surface area contributed by atoms with Crippen molar-refractivity contribution in [1.29, 1.82) is 0 Å². The van der Waals surface area contributed by atoms with E-state index >= 15 is 0 Å². The number of thiol groups is 1. The number of rotatable bonds is 4. The molecule has 1 aromatic carbocycles. The van der Waals surface area contributed by atoms with Crippen molar-refractivity contribution in [2.45, 2.75) is 32.9 Å². The van der Waals surface area contributed by atoms with Crippen LogP contribution < -0.4 is 14.8 Å². The van der Waals surface area contributed by atoms with Crippen LogP contribution in [0.4, 0.5) is 15.3 Å². The van der Waals surface area contributed by atoms with E-state index in [1.54, 1.807) is 46.0 Å². The molecule has 0 aliphatic carbocycles. The van der Waals surface area contributed by atoms with Crippen LogP contribution in [0.5, 0.6) is 5.75 Å². The van der Waals surface area contributed by atoms with E-state index in [2.05, 4.69) is 12.8 Å². The Hall–Kier alpha value is -2.09. The molecule has 0 atom stereocenters. The van der Waals surface area contributed by atoms with E-state index in [1.807, 2.05) is 0 Å². The molecule has 128 valence electrons. The monoisotopic (exact) mass is 341 g/mol. The Morgan fingerprint density at radius 2 is 1.91 bits per heavy atom. The minimum atomic E-state index is -0.704. The quantitative estimate of drug-likeness (QED) is 0.825. The van der Waals surface area contributed by atoms with Gasteiger partial charge in [-0.05, 0) is 39.0 Å². The van der Waals surface area contributed by atoms with Gasteiger partial charge in [0.05, 0.1) is 19.3 Å². The van der Waals surface area contributed by atoms with Gasteiger partial charge in [-0.25, -0.2) is 13.9 Å². The number of carbonyl (C=O) groups is 2. The Morgan fingerprint density at radius 3 is 2.39 bits per heavy atom. The predicted molar refractivity (Wildman–Crippen MR) is 91.7 cm³/mol. The molecule has 1 rings (SSSR count). The Labute approximate surface area is 141 Å². The lowest BCUT2D eigenvalue weighted by Gasteiger charge is -2.25. The molecule has 23 heavy (non-hydrogen) atoms. The third-order valence-corrected chi connectivity index (χ3v) is 3.26. The molecule has 8 heteroatoms. The van der Waals surface area contributed by atoms with Crippen molar-refractivity contribution in [3.05, 3.63) is 23.8 Å². The van der Waals surface area contributed by atoms with Gasteiger partial charge < -0.3 is 20.1 Å². The van der Waals surface area contributed by atoms with E-state index in [4.69, 9.17) is 15.2 Å². The normalized spacial score (nSPS) is 10.9. The van der Waals surface area contributed by atoms with Gasteiger partial charge in [-0.3, -0.25) is 0 Å². The third-order valence-electron chi connectivity index (χ3n) is 2.83. The molecule has 0 aromatic heterocycles. The smallest absolute Gasteiger partial charge is 0.410 e. The summed E-state index contributed by atoms with van der Waals surface area (Å²) in [5.74, 6) is 0.579. The number of hydrogen-bond acceptors (Lipinski definition) is 5. The number of amides is 3. The number of nitrogens with zero attached hydrogens (tertiary/aromatic N) is 2. The number of carbonyl (C=O) groups excluding carboxylic acids is 2. The minimum absolute atomic E-state index is 0.242. The topological polar surface area (TPSA) is 85.1 Å².